The molecule has 0 fully saturated rings. The number of carbonyl (C=O) groups excluding carboxylic acids is 1. The molecular formula is C41H67NO3. The first-order valence-corrected chi connectivity index (χ1v) is 17.0. The topological polar surface area (TPSA) is 38.8 Å². The summed E-state index contributed by atoms with van der Waals surface area (Å²) in [5, 5.41) is 0. The summed E-state index contributed by atoms with van der Waals surface area (Å²) in [5.74, 6) is 0.245. The van der Waals surface area contributed by atoms with Gasteiger partial charge in [0, 0.05) is 13.7 Å². The molecule has 0 saturated carbocycles. The van der Waals surface area contributed by atoms with Crippen LogP contribution in [0.5, 0.6) is 0 Å². The van der Waals surface area contributed by atoms with Gasteiger partial charge < -0.3 is 14.4 Å². The Labute approximate surface area is 277 Å². The number of nitrogens with zero attached hydrogens (tertiary/aromatic N) is 1. The van der Waals surface area contributed by atoms with Crippen molar-refractivity contribution in [2.24, 2.45) is 33.0 Å². The Morgan fingerprint density at radius 3 is 1.73 bits per heavy atom. The molecule has 0 radical (unpaired) electrons. The molecule has 3 atom stereocenters. The molecule has 45 heavy (non-hydrogen) atoms. The molecule has 0 aliphatic carbocycles. The highest BCUT2D eigenvalue weighted by Crippen LogP contribution is 2.58. The van der Waals surface area contributed by atoms with Crippen LogP contribution in [0.3, 0.4) is 0 Å². The van der Waals surface area contributed by atoms with E-state index in [4.69, 9.17) is 9.47 Å². The molecule has 0 amide bonds. The molecular weight excluding hydrogens is 554 g/mol. The Bertz CT molecular complexity index is 1190. The van der Waals surface area contributed by atoms with Crippen molar-refractivity contribution in [3.8, 4) is 0 Å². The Kier molecular flexibility index (Phi) is 13.1. The van der Waals surface area contributed by atoms with Gasteiger partial charge in [-0.25, -0.2) is 0 Å². The summed E-state index contributed by atoms with van der Waals surface area (Å²) in [6.07, 6.45) is 1.70. The summed E-state index contributed by atoms with van der Waals surface area (Å²) in [6, 6.07) is 20.0. The first-order chi connectivity index (χ1) is 20.6. The van der Waals surface area contributed by atoms with Crippen molar-refractivity contribution in [2.75, 3.05) is 34.4 Å². The van der Waals surface area contributed by atoms with Gasteiger partial charge in [0.1, 0.15) is 6.61 Å². The lowest BCUT2D eigenvalue weighted by Gasteiger charge is -2.53. The summed E-state index contributed by atoms with van der Waals surface area (Å²) in [5.41, 5.74) is 3.30. The lowest BCUT2D eigenvalue weighted by Crippen LogP contribution is -2.49. The maximum absolute atomic E-state index is 14.2. The highest BCUT2D eigenvalue weighted by atomic mass is 16.6. The number of hydrogen-bond donors (Lipinski definition) is 0. The van der Waals surface area contributed by atoms with Gasteiger partial charge in [0.15, 0.2) is 0 Å². The Morgan fingerprint density at radius 2 is 1.24 bits per heavy atom. The third-order valence-electron chi connectivity index (χ3n) is 11.9. The van der Waals surface area contributed by atoms with Gasteiger partial charge in [0.2, 0.25) is 0 Å². The number of ether oxygens (including phenoxy) is 2. The van der Waals surface area contributed by atoms with Crippen LogP contribution < -0.4 is 0 Å². The summed E-state index contributed by atoms with van der Waals surface area (Å²) < 4.78 is 11.2. The van der Waals surface area contributed by atoms with Gasteiger partial charge in [-0.2, -0.15) is 0 Å². The quantitative estimate of drug-likeness (QED) is 0.138. The van der Waals surface area contributed by atoms with E-state index in [1.807, 2.05) is 0 Å². The molecule has 0 spiro atoms. The van der Waals surface area contributed by atoms with E-state index in [0.717, 1.165) is 19.4 Å². The Hall–Kier alpha value is -2.17. The zero-order valence-electron chi connectivity index (χ0n) is 31.6. The van der Waals surface area contributed by atoms with E-state index in [1.54, 1.807) is 7.11 Å². The standard InChI is InChI=1S/C41H67NO3/c1-30(32-19-17-16-18-20-32)40(9,10)38(5,6)28-35(36(43)45-26-25-44-15)41(11,12)39(7,8)27-34(37(2,3)4)33-23-21-31(22-24-33)29-42(13)14/h16-24,30,34-35H,25-29H2,1-15H3. The predicted octanol–water partition coefficient (Wildman–Crippen LogP) is 10.4. The molecule has 254 valence electrons. The SMILES string of the molecule is COCCOC(=O)C(CC(C)(C)C(C)(C)C(C)c1ccccc1)C(C)(C)C(C)(C)CC(c1ccc(CN(C)C)cc1)C(C)(C)C. The molecule has 2 rings (SSSR count). The van der Waals surface area contributed by atoms with E-state index in [0.29, 0.717) is 18.4 Å². The average Bonchev–Trinajstić information content (AvgIpc) is 2.94. The number of rotatable bonds is 16. The molecule has 4 heteroatoms. The van der Waals surface area contributed by atoms with Gasteiger partial charge in [0.25, 0.3) is 0 Å². The van der Waals surface area contributed by atoms with Crippen LogP contribution in [0.1, 0.15) is 124 Å². The second kappa shape index (κ2) is 15.2. The second-order valence-electron chi connectivity index (χ2n) is 17.4. The Morgan fingerprint density at radius 1 is 0.711 bits per heavy atom. The van der Waals surface area contributed by atoms with Gasteiger partial charge >= 0.3 is 5.97 Å². The number of hydrogen-bond acceptors (Lipinski definition) is 4. The highest BCUT2D eigenvalue weighted by molar-refractivity contribution is 5.73. The zero-order chi connectivity index (χ0) is 34.4. The third-order valence-corrected chi connectivity index (χ3v) is 11.9. The summed E-state index contributed by atoms with van der Waals surface area (Å²) in [7, 11) is 5.87. The van der Waals surface area contributed by atoms with E-state index in [2.05, 4.69) is 157 Å². The second-order valence-corrected chi connectivity index (χ2v) is 17.4. The minimum Gasteiger partial charge on any atom is -0.463 e. The van der Waals surface area contributed by atoms with Crippen LogP contribution in [0.4, 0.5) is 0 Å². The van der Waals surface area contributed by atoms with Crippen LogP contribution >= 0.6 is 0 Å². The van der Waals surface area contributed by atoms with Crippen LogP contribution in [0.15, 0.2) is 54.6 Å². The lowest BCUT2D eigenvalue weighted by molar-refractivity contribution is -0.162. The van der Waals surface area contributed by atoms with E-state index in [9.17, 15) is 4.79 Å². The van der Waals surface area contributed by atoms with Crippen molar-refractivity contribution in [3.63, 3.8) is 0 Å². The van der Waals surface area contributed by atoms with Crippen molar-refractivity contribution in [1.82, 2.24) is 4.90 Å². The number of carbonyl (C=O) groups is 1. The van der Waals surface area contributed by atoms with E-state index >= 15 is 0 Å². The van der Waals surface area contributed by atoms with Gasteiger partial charge in [-0.1, -0.05) is 138 Å². The van der Waals surface area contributed by atoms with Crippen molar-refractivity contribution in [3.05, 3.63) is 71.3 Å². The molecule has 4 nitrogen and oxygen atoms in total. The number of benzene rings is 2. The molecule has 3 unspecified atom stereocenters. The summed E-state index contributed by atoms with van der Waals surface area (Å²) in [4.78, 5) is 16.4. The van der Waals surface area contributed by atoms with Gasteiger partial charge in [0.05, 0.1) is 12.5 Å². The normalized spacial score (nSPS) is 15.6. The van der Waals surface area contributed by atoms with Crippen LogP contribution in [0, 0.1) is 33.0 Å². The number of methoxy groups -OCH3 is 1. The Balaban J connectivity index is 2.52. The summed E-state index contributed by atoms with van der Waals surface area (Å²) in [6.45, 7) is 29.8. The summed E-state index contributed by atoms with van der Waals surface area (Å²) >= 11 is 0. The van der Waals surface area contributed by atoms with Gasteiger partial charge in [-0.3, -0.25) is 4.79 Å². The maximum atomic E-state index is 14.2. The smallest absolute Gasteiger partial charge is 0.309 e. The van der Waals surface area contributed by atoms with Crippen LogP contribution in [0.2, 0.25) is 0 Å². The van der Waals surface area contributed by atoms with E-state index in [1.165, 1.54) is 16.7 Å². The van der Waals surface area contributed by atoms with Crippen LogP contribution in [-0.2, 0) is 20.8 Å². The van der Waals surface area contributed by atoms with Crippen molar-refractivity contribution in [1.29, 1.82) is 0 Å². The minimum absolute atomic E-state index is 0.0528. The zero-order valence-corrected chi connectivity index (χ0v) is 31.6. The molecule has 0 bridgehead atoms. The molecule has 0 aliphatic rings. The van der Waals surface area contributed by atoms with Crippen LogP contribution in [0.25, 0.3) is 0 Å². The molecule has 0 N–H and O–H groups in total. The van der Waals surface area contributed by atoms with Crippen molar-refractivity contribution < 1.29 is 14.3 Å². The van der Waals surface area contributed by atoms with E-state index in [-0.39, 0.29) is 45.6 Å². The molecule has 2 aromatic rings. The third kappa shape index (κ3) is 9.67. The highest BCUT2D eigenvalue weighted by Gasteiger charge is 2.53. The largest absolute Gasteiger partial charge is 0.463 e. The first-order valence-electron chi connectivity index (χ1n) is 17.0. The maximum Gasteiger partial charge on any atom is 0.309 e. The monoisotopic (exact) mass is 622 g/mol. The molecule has 2 aromatic carbocycles. The molecule has 0 saturated heterocycles. The van der Waals surface area contributed by atoms with Gasteiger partial charge in [-0.05, 0) is 82.5 Å². The number of esters is 1. The molecule has 0 aliphatic heterocycles. The molecule has 0 heterocycles. The fourth-order valence-electron chi connectivity index (χ4n) is 6.87. The van der Waals surface area contributed by atoms with E-state index < -0.39 is 0 Å². The minimum atomic E-state index is -0.352. The molecule has 0 aromatic heterocycles. The fraction of sp³-hybridized carbons (Fsp3) is 0.683. The van der Waals surface area contributed by atoms with Crippen LogP contribution in [-0.4, -0.2) is 45.3 Å². The fourth-order valence-corrected chi connectivity index (χ4v) is 6.87. The average molecular weight is 622 g/mol. The lowest BCUT2D eigenvalue weighted by atomic mass is 9.51. The first kappa shape index (κ1) is 39.0. The van der Waals surface area contributed by atoms with Crippen molar-refractivity contribution in [2.45, 2.75) is 114 Å². The van der Waals surface area contributed by atoms with Gasteiger partial charge in [-0.15, -0.1) is 0 Å². The predicted molar refractivity (Wildman–Crippen MR) is 192 cm³/mol. The van der Waals surface area contributed by atoms with Crippen molar-refractivity contribution >= 4 is 5.97 Å².